The van der Waals surface area contributed by atoms with Crippen LogP contribution in [0.2, 0.25) is 0 Å². The number of benzene rings is 1. The molecule has 0 unspecified atom stereocenters. The molecular formula is C14H15NO3. The largest absolute Gasteiger partial charge is 0.481 e. The summed E-state index contributed by atoms with van der Waals surface area (Å²) in [5, 5.41) is 12.5. The normalized spacial score (nSPS) is 10.6. The van der Waals surface area contributed by atoms with E-state index in [1.807, 2.05) is 19.9 Å². The zero-order valence-corrected chi connectivity index (χ0v) is 10.7. The average Bonchev–Trinajstić information content (AvgIpc) is 2.70. The minimum Gasteiger partial charge on any atom is -0.481 e. The highest BCUT2D eigenvalue weighted by molar-refractivity contribution is 5.71. The van der Waals surface area contributed by atoms with Gasteiger partial charge in [0, 0.05) is 11.6 Å². The maximum Gasteiger partial charge on any atom is 0.309 e. The monoisotopic (exact) mass is 245 g/mol. The molecule has 0 saturated carbocycles. The third kappa shape index (κ3) is 2.42. The van der Waals surface area contributed by atoms with Crippen LogP contribution in [0, 0.1) is 20.8 Å². The van der Waals surface area contributed by atoms with Gasteiger partial charge >= 0.3 is 5.97 Å². The molecule has 94 valence electrons. The molecule has 1 N–H and O–H groups in total. The van der Waals surface area contributed by atoms with Crippen LogP contribution in [0.15, 0.2) is 22.7 Å². The zero-order chi connectivity index (χ0) is 13.3. The number of carboxylic acids is 1. The van der Waals surface area contributed by atoms with Crippen molar-refractivity contribution in [3.63, 3.8) is 0 Å². The molecule has 1 heterocycles. The highest BCUT2D eigenvalue weighted by Crippen LogP contribution is 2.27. The third-order valence-electron chi connectivity index (χ3n) is 3.00. The lowest BCUT2D eigenvalue weighted by atomic mass is 9.99. The minimum absolute atomic E-state index is 0.118. The van der Waals surface area contributed by atoms with E-state index in [0.29, 0.717) is 11.5 Å². The van der Waals surface area contributed by atoms with Crippen LogP contribution < -0.4 is 0 Å². The summed E-state index contributed by atoms with van der Waals surface area (Å²) in [7, 11) is 0. The molecule has 0 radical (unpaired) electrons. The van der Waals surface area contributed by atoms with Gasteiger partial charge in [-0.3, -0.25) is 4.79 Å². The maximum absolute atomic E-state index is 10.6. The Kier molecular flexibility index (Phi) is 3.19. The Morgan fingerprint density at radius 3 is 2.50 bits per heavy atom. The van der Waals surface area contributed by atoms with Crippen LogP contribution in [0.3, 0.4) is 0 Å². The van der Waals surface area contributed by atoms with Crippen LogP contribution in [-0.4, -0.2) is 16.2 Å². The first-order valence-corrected chi connectivity index (χ1v) is 5.73. The van der Waals surface area contributed by atoms with E-state index in [4.69, 9.17) is 9.63 Å². The highest BCUT2D eigenvalue weighted by atomic mass is 16.5. The number of hydrogen-bond donors (Lipinski definition) is 1. The summed E-state index contributed by atoms with van der Waals surface area (Å²) in [6.45, 7) is 6.09. The van der Waals surface area contributed by atoms with E-state index in [0.717, 1.165) is 11.1 Å². The fourth-order valence-electron chi connectivity index (χ4n) is 1.90. The molecule has 4 heteroatoms. The van der Waals surface area contributed by atoms with Gasteiger partial charge in [-0.05, 0) is 43.5 Å². The topological polar surface area (TPSA) is 63.3 Å². The number of aryl methyl sites for hydroxylation is 3. The fraction of sp³-hybridized carbons (Fsp3) is 0.286. The lowest BCUT2D eigenvalue weighted by Gasteiger charge is -2.06. The molecular weight excluding hydrogens is 230 g/mol. The van der Waals surface area contributed by atoms with Crippen LogP contribution in [0.1, 0.15) is 22.4 Å². The van der Waals surface area contributed by atoms with Gasteiger partial charge in [0.2, 0.25) is 0 Å². The molecule has 0 saturated heterocycles. The number of carboxylic acid groups (broad SMARTS) is 1. The number of aromatic nitrogens is 1. The standard InChI is InChI=1S/C14H15NO3/c1-8-4-10(3)12(5-9(8)2)13-6-11(15-18-13)7-14(16)17/h4-6H,7H2,1-3H3,(H,16,17). The first-order chi connectivity index (χ1) is 8.47. The molecule has 0 bridgehead atoms. The Morgan fingerprint density at radius 1 is 1.17 bits per heavy atom. The molecule has 0 aliphatic rings. The quantitative estimate of drug-likeness (QED) is 0.903. The van der Waals surface area contributed by atoms with Gasteiger partial charge in [-0.2, -0.15) is 0 Å². The molecule has 1 aromatic heterocycles. The summed E-state index contributed by atoms with van der Waals surface area (Å²) in [6.07, 6.45) is -0.118. The van der Waals surface area contributed by atoms with Crippen molar-refractivity contribution in [2.24, 2.45) is 0 Å². The van der Waals surface area contributed by atoms with Crippen molar-refractivity contribution in [2.45, 2.75) is 27.2 Å². The molecule has 0 aliphatic heterocycles. The molecule has 0 aliphatic carbocycles. The summed E-state index contributed by atoms with van der Waals surface area (Å²) in [5.74, 6) is -0.293. The molecule has 18 heavy (non-hydrogen) atoms. The Morgan fingerprint density at radius 2 is 1.83 bits per heavy atom. The second kappa shape index (κ2) is 4.64. The number of hydrogen-bond acceptors (Lipinski definition) is 3. The van der Waals surface area contributed by atoms with E-state index in [1.54, 1.807) is 6.07 Å². The van der Waals surface area contributed by atoms with Crippen LogP contribution in [0.4, 0.5) is 0 Å². The van der Waals surface area contributed by atoms with E-state index < -0.39 is 5.97 Å². The van der Waals surface area contributed by atoms with Crippen LogP contribution in [0.25, 0.3) is 11.3 Å². The Bertz CT molecular complexity index is 599. The van der Waals surface area contributed by atoms with Crippen molar-refractivity contribution in [2.75, 3.05) is 0 Å². The number of nitrogens with zero attached hydrogens (tertiary/aromatic N) is 1. The van der Waals surface area contributed by atoms with Gasteiger partial charge < -0.3 is 9.63 Å². The molecule has 0 atom stereocenters. The molecule has 0 fully saturated rings. The first-order valence-electron chi connectivity index (χ1n) is 5.73. The summed E-state index contributed by atoms with van der Waals surface area (Å²) in [5.41, 5.74) is 4.89. The van der Waals surface area contributed by atoms with E-state index in [9.17, 15) is 4.79 Å². The number of rotatable bonds is 3. The van der Waals surface area contributed by atoms with Crippen molar-refractivity contribution >= 4 is 5.97 Å². The van der Waals surface area contributed by atoms with Gasteiger partial charge in [0.05, 0.1) is 12.1 Å². The maximum atomic E-state index is 10.6. The van der Waals surface area contributed by atoms with Gasteiger partial charge in [-0.25, -0.2) is 0 Å². The highest BCUT2D eigenvalue weighted by Gasteiger charge is 2.12. The van der Waals surface area contributed by atoms with Gasteiger partial charge in [0.15, 0.2) is 5.76 Å². The zero-order valence-electron chi connectivity index (χ0n) is 10.7. The summed E-state index contributed by atoms with van der Waals surface area (Å²) in [4.78, 5) is 10.6. The third-order valence-corrected chi connectivity index (χ3v) is 3.00. The van der Waals surface area contributed by atoms with Crippen molar-refractivity contribution in [3.05, 3.63) is 40.6 Å². The Balaban J connectivity index is 2.40. The van der Waals surface area contributed by atoms with E-state index in [1.165, 1.54) is 11.1 Å². The summed E-state index contributed by atoms with van der Waals surface area (Å²) in [6, 6.07) is 5.81. The molecule has 2 aromatic rings. The average molecular weight is 245 g/mol. The second-order valence-electron chi connectivity index (χ2n) is 4.50. The van der Waals surface area contributed by atoms with Crippen molar-refractivity contribution < 1.29 is 14.4 Å². The minimum atomic E-state index is -0.911. The van der Waals surface area contributed by atoms with Gasteiger partial charge in [-0.1, -0.05) is 11.2 Å². The van der Waals surface area contributed by atoms with Crippen molar-refractivity contribution in [3.8, 4) is 11.3 Å². The van der Waals surface area contributed by atoms with Crippen molar-refractivity contribution in [1.82, 2.24) is 5.16 Å². The molecule has 2 rings (SSSR count). The van der Waals surface area contributed by atoms with Gasteiger partial charge in [0.1, 0.15) is 0 Å². The Labute approximate surface area is 105 Å². The van der Waals surface area contributed by atoms with Gasteiger partial charge in [-0.15, -0.1) is 0 Å². The molecule has 0 spiro atoms. The van der Waals surface area contributed by atoms with E-state index >= 15 is 0 Å². The first kappa shape index (κ1) is 12.4. The molecule has 0 amide bonds. The predicted octanol–water partition coefficient (Wildman–Crippen LogP) is 2.89. The second-order valence-corrected chi connectivity index (χ2v) is 4.50. The lowest BCUT2D eigenvalue weighted by molar-refractivity contribution is -0.136. The summed E-state index contributed by atoms with van der Waals surface area (Å²) < 4.78 is 5.21. The fourth-order valence-corrected chi connectivity index (χ4v) is 1.90. The van der Waals surface area contributed by atoms with Gasteiger partial charge in [0.25, 0.3) is 0 Å². The number of aliphatic carboxylic acids is 1. The van der Waals surface area contributed by atoms with E-state index in [2.05, 4.69) is 18.1 Å². The van der Waals surface area contributed by atoms with Crippen molar-refractivity contribution in [1.29, 1.82) is 0 Å². The Hall–Kier alpha value is -2.10. The molecule has 4 nitrogen and oxygen atoms in total. The summed E-state index contributed by atoms with van der Waals surface area (Å²) >= 11 is 0. The van der Waals surface area contributed by atoms with E-state index in [-0.39, 0.29) is 6.42 Å². The van der Waals surface area contributed by atoms with Crippen LogP contribution >= 0.6 is 0 Å². The molecule has 1 aromatic carbocycles. The number of carbonyl (C=O) groups is 1. The SMILES string of the molecule is Cc1cc(C)c(-c2cc(CC(=O)O)no2)cc1C. The van der Waals surface area contributed by atoms with Crippen LogP contribution in [0.5, 0.6) is 0 Å². The lowest BCUT2D eigenvalue weighted by Crippen LogP contribution is -1.99. The van der Waals surface area contributed by atoms with Crippen LogP contribution in [-0.2, 0) is 11.2 Å². The smallest absolute Gasteiger partial charge is 0.309 e. The predicted molar refractivity (Wildman–Crippen MR) is 67.5 cm³/mol.